The Morgan fingerprint density at radius 1 is 1.13 bits per heavy atom. The number of fused-ring (bicyclic) bond motifs is 1. The average Bonchev–Trinajstić information content (AvgIpc) is 3.35. The SMILES string of the molecule is Cc1cc(C)cc(OCc2ccc(C(=O)N/N=C/c3cc4c(cc3Br)OCO4)o2)c1. The number of carbonyl (C=O) groups is 1. The third kappa shape index (κ3) is 4.65. The van der Waals surface area contributed by atoms with Crippen molar-refractivity contribution in [2.75, 3.05) is 6.79 Å². The summed E-state index contributed by atoms with van der Waals surface area (Å²) >= 11 is 3.44. The molecular weight excluding hydrogens is 452 g/mol. The molecule has 1 aromatic heterocycles. The van der Waals surface area contributed by atoms with E-state index in [1.165, 1.54) is 6.21 Å². The Bertz CT molecular complexity index is 1100. The number of ether oxygens (including phenoxy) is 3. The van der Waals surface area contributed by atoms with E-state index >= 15 is 0 Å². The minimum atomic E-state index is -0.458. The van der Waals surface area contributed by atoms with E-state index in [4.69, 9.17) is 18.6 Å². The number of nitrogens with one attached hydrogen (secondary N) is 1. The van der Waals surface area contributed by atoms with Gasteiger partial charge >= 0.3 is 5.91 Å². The lowest BCUT2D eigenvalue weighted by Gasteiger charge is -2.06. The Balaban J connectivity index is 1.34. The van der Waals surface area contributed by atoms with Crippen LogP contribution in [0.2, 0.25) is 0 Å². The van der Waals surface area contributed by atoms with Crippen molar-refractivity contribution in [3.8, 4) is 17.2 Å². The molecule has 7 nitrogen and oxygen atoms in total. The first kappa shape index (κ1) is 20.0. The van der Waals surface area contributed by atoms with Crippen LogP contribution in [0.4, 0.5) is 0 Å². The molecule has 0 radical (unpaired) electrons. The first-order valence-electron chi connectivity index (χ1n) is 9.20. The number of carbonyl (C=O) groups excluding carboxylic acids is 1. The first-order valence-corrected chi connectivity index (χ1v) is 9.99. The second-order valence-corrected chi connectivity index (χ2v) is 7.66. The van der Waals surface area contributed by atoms with Gasteiger partial charge in [-0.05, 0) is 77.3 Å². The Hall–Kier alpha value is -3.26. The normalized spacial score (nSPS) is 12.4. The van der Waals surface area contributed by atoms with Gasteiger partial charge in [0.1, 0.15) is 18.1 Å². The molecule has 0 saturated carbocycles. The molecule has 1 aliphatic heterocycles. The molecule has 2 heterocycles. The van der Waals surface area contributed by atoms with E-state index in [-0.39, 0.29) is 19.2 Å². The molecule has 30 heavy (non-hydrogen) atoms. The predicted molar refractivity (Wildman–Crippen MR) is 114 cm³/mol. The summed E-state index contributed by atoms with van der Waals surface area (Å²) in [7, 11) is 0. The van der Waals surface area contributed by atoms with Gasteiger partial charge in [-0.3, -0.25) is 4.79 Å². The molecule has 3 aromatic rings. The summed E-state index contributed by atoms with van der Waals surface area (Å²) in [6.45, 7) is 4.44. The molecule has 154 valence electrons. The number of aryl methyl sites for hydroxylation is 2. The Morgan fingerprint density at radius 3 is 2.63 bits per heavy atom. The van der Waals surface area contributed by atoms with E-state index < -0.39 is 5.91 Å². The van der Waals surface area contributed by atoms with Gasteiger partial charge in [0.05, 0.1) is 6.21 Å². The highest BCUT2D eigenvalue weighted by atomic mass is 79.9. The van der Waals surface area contributed by atoms with E-state index in [1.807, 2.05) is 26.0 Å². The summed E-state index contributed by atoms with van der Waals surface area (Å²) in [5.41, 5.74) is 5.43. The average molecular weight is 471 g/mol. The van der Waals surface area contributed by atoms with Crippen LogP contribution in [0.3, 0.4) is 0 Å². The van der Waals surface area contributed by atoms with Gasteiger partial charge in [0, 0.05) is 10.0 Å². The molecule has 0 unspecified atom stereocenters. The summed E-state index contributed by atoms with van der Waals surface area (Å²) < 4.78 is 22.7. The topological polar surface area (TPSA) is 82.3 Å². The summed E-state index contributed by atoms with van der Waals surface area (Å²) in [5.74, 6) is 2.28. The van der Waals surface area contributed by atoms with Crippen molar-refractivity contribution in [3.63, 3.8) is 0 Å². The molecule has 0 fully saturated rings. The number of hydrogen-bond acceptors (Lipinski definition) is 6. The monoisotopic (exact) mass is 470 g/mol. The van der Waals surface area contributed by atoms with Crippen LogP contribution in [0.25, 0.3) is 0 Å². The van der Waals surface area contributed by atoms with Crippen LogP contribution in [0.15, 0.2) is 56.5 Å². The highest BCUT2D eigenvalue weighted by Gasteiger charge is 2.16. The van der Waals surface area contributed by atoms with Crippen molar-refractivity contribution < 1.29 is 23.4 Å². The molecule has 4 rings (SSSR count). The standard InChI is InChI=1S/C22H19BrN2O5/c1-13-5-14(2)7-17(6-13)27-11-16-3-4-19(30-16)22(26)25-24-10-15-8-20-21(9-18(15)23)29-12-28-20/h3-10H,11-12H2,1-2H3,(H,25,26)/b24-10+. The zero-order valence-corrected chi connectivity index (χ0v) is 18.0. The van der Waals surface area contributed by atoms with Crippen molar-refractivity contribution in [1.29, 1.82) is 0 Å². The highest BCUT2D eigenvalue weighted by Crippen LogP contribution is 2.36. The number of amides is 1. The number of hydrogen-bond donors (Lipinski definition) is 1. The van der Waals surface area contributed by atoms with E-state index in [0.29, 0.717) is 17.3 Å². The predicted octanol–water partition coefficient (Wildman–Crippen LogP) is 4.73. The third-order valence-corrected chi connectivity index (χ3v) is 5.01. The van der Waals surface area contributed by atoms with Crippen LogP contribution in [0.5, 0.6) is 17.2 Å². The van der Waals surface area contributed by atoms with Gasteiger partial charge in [-0.15, -0.1) is 0 Å². The molecule has 8 heteroatoms. The molecule has 1 N–H and O–H groups in total. The van der Waals surface area contributed by atoms with Crippen molar-refractivity contribution >= 4 is 28.1 Å². The van der Waals surface area contributed by atoms with E-state index in [1.54, 1.807) is 24.3 Å². The van der Waals surface area contributed by atoms with Gasteiger partial charge in [-0.1, -0.05) is 6.07 Å². The lowest BCUT2D eigenvalue weighted by Crippen LogP contribution is -2.16. The maximum atomic E-state index is 12.3. The van der Waals surface area contributed by atoms with Crippen molar-refractivity contribution in [1.82, 2.24) is 5.43 Å². The van der Waals surface area contributed by atoms with E-state index in [2.05, 4.69) is 32.5 Å². The van der Waals surface area contributed by atoms with Gasteiger partial charge in [-0.2, -0.15) is 5.10 Å². The van der Waals surface area contributed by atoms with Gasteiger partial charge in [0.15, 0.2) is 17.3 Å². The molecule has 0 saturated heterocycles. The summed E-state index contributed by atoms with van der Waals surface area (Å²) in [5, 5.41) is 3.98. The van der Waals surface area contributed by atoms with Crippen LogP contribution >= 0.6 is 15.9 Å². The number of furan rings is 1. The molecular formula is C22H19BrN2O5. The van der Waals surface area contributed by atoms with Gasteiger partial charge in [-0.25, -0.2) is 5.43 Å². The lowest BCUT2D eigenvalue weighted by molar-refractivity contribution is 0.0923. The second kappa shape index (κ2) is 8.62. The molecule has 1 aliphatic rings. The number of benzene rings is 2. The van der Waals surface area contributed by atoms with Gasteiger partial charge in [0.25, 0.3) is 0 Å². The molecule has 2 aromatic carbocycles. The minimum Gasteiger partial charge on any atom is -0.486 e. The number of nitrogens with zero attached hydrogens (tertiary/aromatic N) is 1. The van der Waals surface area contributed by atoms with Crippen LogP contribution in [-0.2, 0) is 6.61 Å². The Labute approximate surface area is 181 Å². The number of rotatable bonds is 6. The van der Waals surface area contributed by atoms with Crippen molar-refractivity contribution in [2.45, 2.75) is 20.5 Å². The maximum Gasteiger partial charge on any atom is 0.307 e. The van der Waals surface area contributed by atoms with Gasteiger partial charge in [0.2, 0.25) is 6.79 Å². The zero-order chi connectivity index (χ0) is 21.1. The van der Waals surface area contributed by atoms with Crippen LogP contribution in [-0.4, -0.2) is 18.9 Å². The Morgan fingerprint density at radius 2 is 1.87 bits per heavy atom. The second-order valence-electron chi connectivity index (χ2n) is 6.80. The number of halogens is 1. The lowest BCUT2D eigenvalue weighted by atomic mass is 10.1. The fourth-order valence-corrected chi connectivity index (χ4v) is 3.42. The molecule has 1 amide bonds. The van der Waals surface area contributed by atoms with Gasteiger partial charge < -0.3 is 18.6 Å². The quantitative estimate of drug-likeness (QED) is 0.415. The van der Waals surface area contributed by atoms with Crippen molar-refractivity contribution in [2.24, 2.45) is 5.10 Å². The van der Waals surface area contributed by atoms with Crippen molar-refractivity contribution in [3.05, 3.63) is 75.1 Å². The van der Waals surface area contributed by atoms with Crippen LogP contribution in [0, 0.1) is 13.8 Å². The molecule has 0 aliphatic carbocycles. The summed E-state index contributed by atoms with van der Waals surface area (Å²) in [4.78, 5) is 12.3. The largest absolute Gasteiger partial charge is 0.486 e. The van der Waals surface area contributed by atoms with E-state index in [0.717, 1.165) is 26.9 Å². The summed E-state index contributed by atoms with van der Waals surface area (Å²) in [6.07, 6.45) is 1.51. The van der Waals surface area contributed by atoms with Crippen LogP contribution in [0.1, 0.15) is 33.0 Å². The number of hydrazone groups is 1. The third-order valence-electron chi connectivity index (χ3n) is 4.32. The maximum absolute atomic E-state index is 12.3. The fraction of sp³-hybridized carbons (Fsp3) is 0.182. The molecule has 0 spiro atoms. The highest BCUT2D eigenvalue weighted by molar-refractivity contribution is 9.10. The van der Waals surface area contributed by atoms with Crippen LogP contribution < -0.4 is 19.6 Å². The summed E-state index contributed by atoms with van der Waals surface area (Å²) in [6, 6.07) is 12.8. The fourth-order valence-electron chi connectivity index (χ4n) is 3.00. The van der Waals surface area contributed by atoms with E-state index in [9.17, 15) is 4.79 Å². The minimum absolute atomic E-state index is 0.149. The molecule has 0 atom stereocenters. The first-order chi connectivity index (χ1) is 14.5. The zero-order valence-electron chi connectivity index (χ0n) is 16.4. The molecule has 0 bridgehead atoms. The Kier molecular flexibility index (Phi) is 5.76. The smallest absolute Gasteiger partial charge is 0.307 e.